The summed E-state index contributed by atoms with van der Waals surface area (Å²) in [6, 6.07) is 10.3. The summed E-state index contributed by atoms with van der Waals surface area (Å²) in [5.41, 5.74) is 6.91. The second kappa shape index (κ2) is 8.91. The normalized spacial score (nSPS) is 21.0. The predicted molar refractivity (Wildman–Crippen MR) is 88.6 cm³/mol. The van der Waals surface area contributed by atoms with E-state index in [1.54, 1.807) is 0 Å². The van der Waals surface area contributed by atoms with Crippen LogP contribution in [-0.2, 0) is 16.0 Å². The summed E-state index contributed by atoms with van der Waals surface area (Å²) in [4.78, 5) is 14.3. The van der Waals surface area contributed by atoms with E-state index in [1.165, 1.54) is 5.56 Å². The van der Waals surface area contributed by atoms with Crippen molar-refractivity contribution in [3.8, 4) is 0 Å². The van der Waals surface area contributed by atoms with Crippen molar-refractivity contribution in [2.75, 3.05) is 19.6 Å². The minimum atomic E-state index is 0.199. The second-order valence-corrected chi connectivity index (χ2v) is 6.09. The third kappa shape index (κ3) is 5.43. The monoisotopic (exact) mass is 304 g/mol. The fourth-order valence-electron chi connectivity index (χ4n) is 2.97. The zero-order valence-corrected chi connectivity index (χ0v) is 13.5. The van der Waals surface area contributed by atoms with Crippen LogP contribution in [0.1, 0.15) is 38.2 Å². The van der Waals surface area contributed by atoms with Crippen molar-refractivity contribution in [3.05, 3.63) is 35.9 Å². The first kappa shape index (κ1) is 17.0. The van der Waals surface area contributed by atoms with E-state index >= 15 is 0 Å². The topological polar surface area (TPSA) is 55.6 Å². The van der Waals surface area contributed by atoms with Gasteiger partial charge in [0.25, 0.3) is 0 Å². The van der Waals surface area contributed by atoms with E-state index in [2.05, 4.69) is 19.1 Å². The summed E-state index contributed by atoms with van der Waals surface area (Å²) < 4.78 is 5.79. The van der Waals surface area contributed by atoms with Crippen LogP contribution in [0.4, 0.5) is 0 Å². The van der Waals surface area contributed by atoms with Gasteiger partial charge < -0.3 is 15.4 Å². The number of carbonyl (C=O) groups excluding carboxylic acids is 1. The largest absolute Gasteiger partial charge is 0.375 e. The van der Waals surface area contributed by atoms with Gasteiger partial charge in [-0.3, -0.25) is 4.79 Å². The fourth-order valence-corrected chi connectivity index (χ4v) is 2.97. The van der Waals surface area contributed by atoms with Gasteiger partial charge in [0, 0.05) is 26.1 Å². The van der Waals surface area contributed by atoms with Crippen LogP contribution in [0.15, 0.2) is 30.3 Å². The molecule has 2 atom stereocenters. The molecule has 2 N–H and O–H groups in total. The minimum Gasteiger partial charge on any atom is -0.375 e. The summed E-state index contributed by atoms with van der Waals surface area (Å²) >= 11 is 0. The lowest BCUT2D eigenvalue weighted by Gasteiger charge is -2.23. The molecule has 0 aliphatic carbocycles. The summed E-state index contributed by atoms with van der Waals surface area (Å²) in [5, 5.41) is 0. The molecule has 1 aromatic carbocycles. The first-order valence-corrected chi connectivity index (χ1v) is 8.36. The molecule has 0 bridgehead atoms. The van der Waals surface area contributed by atoms with Crippen molar-refractivity contribution in [2.45, 2.75) is 51.2 Å². The highest BCUT2D eigenvalue weighted by Crippen LogP contribution is 2.22. The molecule has 4 nitrogen and oxygen atoms in total. The molecular formula is C18H28N2O2. The quantitative estimate of drug-likeness (QED) is 0.802. The number of benzene rings is 1. The lowest BCUT2D eigenvalue weighted by atomic mass is 10.1. The van der Waals surface area contributed by atoms with E-state index in [0.717, 1.165) is 32.2 Å². The highest BCUT2D eigenvalue weighted by atomic mass is 16.5. The predicted octanol–water partition coefficient (Wildman–Crippen LogP) is 2.36. The fraction of sp³-hybridized carbons (Fsp3) is 0.611. The van der Waals surface area contributed by atoms with Crippen LogP contribution in [0, 0.1) is 0 Å². The van der Waals surface area contributed by atoms with Crippen LogP contribution >= 0.6 is 0 Å². The van der Waals surface area contributed by atoms with E-state index in [4.69, 9.17) is 10.5 Å². The van der Waals surface area contributed by atoms with Crippen molar-refractivity contribution < 1.29 is 9.53 Å². The van der Waals surface area contributed by atoms with E-state index in [-0.39, 0.29) is 12.0 Å². The zero-order valence-electron chi connectivity index (χ0n) is 13.5. The van der Waals surface area contributed by atoms with Gasteiger partial charge in [-0.05, 0) is 38.2 Å². The third-order valence-electron chi connectivity index (χ3n) is 4.27. The number of nitrogens with zero attached hydrogens (tertiary/aromatic N) is 1. The molecule has 1 amide bonds. The van der Waals surface area contributed by atoms with Gasteiger partial charge in [0.2, 0.25) is 5.91 Å². The first-order chi connectivity index (χ1) is 10.7. The molecule has 22 heavy (non-hydrogen) atoms. The molecule has 1 aliphatic heterocycles. The van der Waals surface area contributed by atoms with Gasteiger partial charge in [-0.1, -0.05) is 30.3 Å². The maximum atomic E-state index is 12.4. The SMILES string of the molecule is CC1CCC(CCC(=O)N(CCN)CCc2ccccc2)O1. The number of hydrogen-bond donors (Lipinski definition) is 1. The van der Waals surface area contributed by atoms with Gasteiger partial charge in [-0.2, -0.15) is 0 Å². The third-order valence-corrected chi connectivity index (χ3v) is 4.27. The van der Waals surface area contributed by atoms with Crippen LogP contribution in [0.25, 0.3) is 0 Å². The Morgan fingerprint density at radius 1 is 1.27 bits per heavy atom. The van der Waals surface area contributed by atoms with Gasteiger partial charge in [-0.25, -0.2) is 0 Å². The van der Waals surface area contributed by atoms with Gasteiger partial charge in [-0.15, -0.1) is 0 Å². The molecule has 0 radical (unpaired) electrons. The van der Waals surface area contributed by atoms with Gasteiger partial charge in [0.1, 0.15) is 0 Å². The number of nitrogens with two attached hydrogens (primary N) is 1. The van der Waals surface area contributed by atoms with Crippen LogP contribution in [0.5, 0.6) is 0 Å². The Kier molecular flexibility index (Phi) is 6.87. The minimum absolute atomic E-state index is 0.199. The molecule has 1 aromatic rings. The van der Waals surface area contributed by atoms with E-state index < -0.39 is 0 Å². The Hall–Kier alpha value is -1.39. The van der Waals surface area contributed by atoms with Crippen molar-refractivity contribution in [3.63, 3.8) is 0 Å². The van der Waals surface area contributed by atoms with Crippen LogP contribution in [-0.4, -0.2) is 42.6 Å². The van der Waals surface area contributed by atoms with Gasteiger partial charge in [0.05, 0.1) is 12.2 Å². The van der Waals surface area contributed by atoms with Gasteiger partial charge in [0.15, 0.2) is 0 Å². The van der Waals surface area contributed by atoms with Crippen molar-refractivity contribution >= 4 is 5.91 Å². The van der Waals surface area contributed by atoms with E-state index in [1.807, 2.05) is 23.1 Å². The Morgan fingerprint density at radius 2 is 2.05 bits per heavy atom. The molecule has 1 fully saturated rings. The molecule has 1 aliphatic rings. The standard InChI is InChI=1S/C18H28N2O2/c1-15-7-8-17(22-15)9-10-18(21)20(14-12-19)13-11-16-5-3-2-4-6-16/h2-6,15,17H,7-14,19H2,1H3. The van der Waals surface area contributed by atoms with Crippen molar-refractivity contribution in [1.82, 2.24) is 4.90 Å². The number of hydrogen-bond acceptors (Lipinski definition) is 3. The van der Waals surface area contributed by atoms with E-state index in [0.29, 0.717) is 25.6 Å². The Bertz CT molecular complexity index is 450. The van der Waals surface area contributed by atoms with E-state index in [9.17, 15) is 4.79 Å². The average Bonchev–Trinajstić information content (AvgIpc) is 2.95. The molecule has 0 spiro atoms. The highest BCUT2D eigenvalue weighted by Gasteiger charge is 2.23. The molecular weight excluding hydrogens is 276 g/mol. The molecule has 1 saturated heterocycles. The lowest BCUT2D eigenvalue weighted by molar-refractivity contribution is -0.131. The maximum absolute atomic E-state index is 12.4. The molecule has 2 rings (SSSR count). The molecule has 1 heterocycles. The molecule has 122 valence electrons. The Labute approximate surface area is 133 Å². The van der Waals surface area contributed by atoms with Crippen LogP contribution < -0.4 is 5.73 Å². The number of ether oxygens (including phenoxy) is 1. The smallest absolute Gasteiger partial charge is 0.222 e. The number of amides is 1. The van der Waals surface area contributed by atoms with Crippen molar-refractivity contribution in [2.24, 2.45) is 5.73 Å². The maximum Gasteiger partial charge on any atom is 0.222 e. The molecule has 0 aromatic heterocycles. The Morgan fingerprint density at radius 3 is 2.68 bits per heavy atom. The number of rotatable bonds is 8. The van der Waals surface area contributed by atoms with Crippen LogP contribution in [0.2, 0.25) is 0 Å². The molecule has 4 heteroatoms. The second-order valence-electron chi connectivity index (χ2n) is 6.09. The summed E-state index contributed by atoms with van der Waals surface area (Å²) in [6.07, 6.45) is 5.06. The highest BCUT2D eigenvalue weighted by molar-refractivity contribution is 5.76. The van der Waals surface area contributed by atoms with Crippen LogP contribution in [0.3, 0.4) is 0 Å². The van der Waals surface area contributed by atoms with Crippen molar-refractivity contribution in [1.29, 1.82) is 0 Å². The van der Waals surface area contributed by atoms with Gasteiger partial charge >= 0.3 is 0 Å². The summed E-state index contributed by atoms with van der Waals surface area (Å²) in [7, 11) is 0. The average molecular weight is 304 g/mol. The number of carbonyl (C=O) groups is 1. The first-order valence-electron chi connectivity index (χ1n) is 8.36. The molecule has 2 unspecified atom stereocenters. The summed E-state index contributed by atoms with van der Waals surface area (Å²) in [6.45, 7) is 3.98. The Balaban J connectivity index is 1.77. The summed E-state index contributed by atoms with van der Waals surface area (Å²) in [5.74, 6) is 0.199. The lowest BCUT2D eigenvalue weighted by Crippen LogP contribution is -2.37. The molecule has 0 saturated carbocycles. The zero-order chi connectivity index (χ0) is 15.8.